The molecule has 190 valence electrons. The van der Waals surface area contributed by atoms with E-state index in [1.165, 1.54) is 0 Å². The van der Waals surface area contributed by atoms with Gasteiger partial charge in [-0.05, 0) is 75.9 Å². The zero-order chi connectivity index (χ0) is 27.3. The highest BCUT2D eigenvalue weighted by Crippen LogP contribution is 2.39. The van der Waals surface area contributed by atoms with Crippen LogP contribution >= 0.6 is 0 Å². The lowest BCUT2D eigenvalue weighted by Gasteiger charge is -2.25. The lowest BCUT2D eigenvalue weighted by Crippen LogP contribution is -2.25. The molecule has 0 saturated carbocycles. The summed E-state index contributed by atoms with van der Waals surface area (Å²) in [5.74, 6) is -0.852. The number of rotatable bonds is 4. The highest BCUT2D eigenvalue weighted by atomic mass is 16.2. The van der Waals surface area contributed by atoms with E-state index in [1.54, 1.807) is 36.4 Å². The highest BCUT2D eigenvalue weighted by Gasteiger charge is 2.34. The van der Waals surface area contributed by atoms with Gasteiger partial charge in [-0.15, -0.1) is 0 Å². The summed E-state index contributed by atoms with van der Waals surface area (Å²) in [6, 6.07) is 18.4. The fraction of sp³-hybridized carbons (Fsp3) is 0.182. The lowest BCUT2D eigenvalue weighted by atomic mass is 9.82. The molecule has 1 amide bonds. The van der Waals surface area contributed by atoms with Crippen LogP contribution in [0.15, 0.2) is 60.7 Å². The van der Waals surface area contributed by atoms with Crippen LogP contribution in [0.3, 0.4) is 0 Å². The molecular formula is C33H30N2O3. The van der Waals surface area contributed by atoms with E-state index in [2.05, 4.69) is 22.8 Å². The van der Waals surface area contributed by atoms with Gasteiger partial charge in [0.25, 0.3) is 5.91 Å². The van der Waals surface area contributed by atoms with E-state index >= 15 is 0 Å². The summed E-state index contributed by atoms with van der Waals surface area (Å²) >= 11 is 0. The predicted octanol–water partition coefficient (Wildman–Crippen LogP) is 7.31. The third-order valence-corrected chi connectivity index (χ3v) is 7.16. The summed E-state index contributed by atoms with van der Waals surface area (Å²) in [4.78, 5) is 41.1. The van der Waals surface area contributed by atoms with Crippen molar-refractivity contribution in [1.29, 1.82) is 0 Å². The smallest absolute Gasteiger partial charge is 0.256 e. The van der Waals surface area contributed by atoms with Crippen LogP contribution in [0.4, 0.5) is 17.1 Å². The molecule has 5 nitrogen and oxygen atoms in total. The summed E-state index contributed by atoms with van der Waals surface area (Å²) in [7, 11) is 0. The van der Waals surface area contributed by atoms with Crippen molar-refractivity contribution < 1.29 is 14.4 Å². The number of nitrogens with one attached hydrogen (secondary N) is 2. The van der Waals surface area contributed by atoms with Crippen LogP contribution in [0.5, 0.6) is 0 Å². The Bertz CT molecular complexity index is 1630. The normalized spacial score (nSPS) is 12.2. The Labute approximate surface area is 222 Å². The van der Waals surface area contributed by atoms with Gasteiger partial charge in [-0.2, -0.15) is 0 Å². The van der Waals surface area contributed by atoms with Gasteiger partial charge in [-0.25, -0.2) is 0 Å². The number of hydrogen-bond acceptors (Lipinski definition) is 4. The monoisotopic (exact) mass is 502 g/mol. The van der Waals surface area contributed by atoms with Gasteiger partial charge in [-0.3, -0.25) is 14.4 Å². The Morgan fingerprint density at radius 2 is 1.05 bits per heavy atom. The van der Waals surface area contributed by atoms with Gasteiger partial charge in [0, 0.05) is 22.4 Å². The molecule has 1 aliphatic carbocycles. The SMILES string of the molecule is Cc1cc(C)c(Nc2ccc(NC(=O)c3c(C)cc(C)cc3C)c3c2C(=O)c2ccccc2C3=O)c(C)c1. The van der Waals surface area contributed by atoms with Gasteiger partial charge in [-0.1, -0.05) is 59.7 Å². The first-order chi connectivity index (χ1) is 18.1. The molecule has 0 saturated heterocycles. The zero-order valence-corrected chi connectivity index (χ0v) is 22.5. The van der Waals surface area contributed by atoms with E-state index in [-0.39, 0.29) is 28.6 Å². The van der Waals surface area contributed by atoms with Crippen LogP contribution in [-0.4, -0.2) is 17.5 Å². The maximum atomic E-state index is 13.8. The minimum absolute atomic E-state index is 0.205. The lowest BCUT2D eigenvalue weighted by molar-refractivity contribution is 0.0979. The number of carbonyl (C=O) groups is 3. The minimum atomic E-state index is -0.313. The van der Waals surface area contributed by atoms with Crippen molar-refractivity contribution in [3.05, 3.63) is 122 Å². The molecule has 38 heavy (non-hydrogen) atoms. The number of fused-ring (bicyclic) bond motifs is 2. The summed E-state index contributed by atoms with van der Waals surface area (Å²) in [6.07, 6.45) is 0. The maximum Gasteiger partial charge on any atom is 0.256 e. The third-order valence-electron chi connectivity index (χ3n) is 7.16. The maximum absolute atomic E-state index is 13.8. The standard InChI is InChI=1S/C33H30N2O3/c1-17-13-19(3)27(20(4)14-17)33(38)35-26-12-11-25(34-30-21(5)15-18(2)16-22(30)6)28-29(26)32(37)24-10-8-7-9-23(24)31(28)36/h7-16,34H,1-6H3,(H,35,38). The van der Waals surface area contributed by atoms with Gasteiger partial charge in [0.1, 0.15) is 0 Å². The van der Waals surface area contributed by atoms with E-state index in [9.17, 15) is 14.4 Å². The van der Waals surface area contributed by atoms with Gasteiger partial charge in [0.15, 0.2) is 11.6 Å². The van der Waals surface area contributed by atoms with Crippen LogP contribution in [0.25, 0.3) is 0 Å². The Balaban J connectivity index is 1.66. The second kappa shape index (κ2) is 9.42. The number of hydrogen-bond donors (Lipinski definition) is 2. The van der Waals surface area contributed by atoms with Gasteiger partial charge in [0.2, 0.25) is 0 Å². The number of aryl methyl sites for hydroxylation is 6. The fourth-order valence-electron chi connectivity index (χ4n) is 5.67. The van der Waals surface area contributed by atoms with Crippen molar-refractivity contribution in [3.63, 3.8) is 0 Å². The van der Waals surface area contributed by atoms with Crippen molar-refractivity contribution >= 4 is 34.5 Å². The molecule has 5 rings (SSSR count). The average molecular weight is 503 g/mol. The third kappa shape index (κ3) is 4.20. The Morgan fingerprint density at radius 3 is 1.58 bits per heavy atom. The second-order valence-electron chi connectivity index (χ2n) is 10.2. The number of amides is 1. The number of anilines is 3. The van der Waals surface area contributed by atoms with Crippen molar-refractivity contribution in [2.45, 2.75) is 41.5 Å². The molecule has 1 aliphatic rings. The van der Waals surface area contributed by atoms with E-state index in [0.29, 0.717) is 28.1 Å². The molecule has 2 N–H and O–H groups in total. The predicted molar refractivity (Wildman–Crippen MR) is 152 cm³/mol. The van der Waals surface area contributed by atoms with E-state index < -0.39 is 0 Å². The zero-order valence-electron chi connectivity index (χ0n) is 22.5. The molecule has 5 heteroatoms. The Kier molecular flexibility index (Phi) is 6.23. The van der Waals surface area contributed by atoms with Gasteiger partial charge < -0.3 is 10.6 Å². The van der Waals surface area contributed by atoms with Crippen molar-refractivity contribution in [2.24, 2.45) is 0 Å². The van der Waals surface area contributed by atoms with Crippen LogP contribution in [0.2, 0.25) is 0 Å². The largest absolute Gasteiger partial charge is 0.354 e. The summed E-state index contributed by atoms with van der Waals surface area (Å²) in [6.45, 7) is 11.8. The molecule has 0 bridgehead atoms. The number of carbonyl (C=O) groups excluding carboxylic acids is 3. The molecule has 0 heterocycles. The molecule has 0 spiro atoms. The molecule has 4 aromatic carbocycles. The van der Waals surface area contributed by atoms with Crippen molar-refractivity contribution in [3.8, 4) is 0 Å². The molecular weight excluding hydrogens is 472 g/mol. The molecule has 0 radical (unpaired) electrons. The van der Waals surface area contributed by atoms with Crippen LogP contribution in [-0.2, 0) is 0 Å². The summed E-state index contributed by atoms with van der Waals surface area (Å²) in [5.41, 5.74) is 9.47. The average Bonchev–Trinajstić information content (AvgIpc) is 2.84. The minimum Gasteiger partial charge on any atom is -0.354 e. The molecule has 0 unspecified atom stereocenters. The highest BCUT2D eigenvalue weighted by molar-refractivity contribution is 6.32. The van der Waals surface area contributed by atoms with E-state index in [1.807, 2.05) is 53.7 Å². The van der Waals surface area contributed by atoms with Crippen molar-refractivity contribution in [1.82, 2.24) is 0 Å². The molecule has 0 atom stereocenters. The molecule has 0 aromatic heterocycles. The second-order valence-corrected chi connectivity index (χ2v) is 10.2. The van der Waals surface area contributed by atoms with E-state index in [0.717, 1.165) is 39.1 Å². The number of ketones is 2. The van der Waals surface area contributed by atoms with E-state index in [4.69, 9.17) is 0 Å². The molecule has 0 fully saturated rings. The topological polar surface area (TPSA) is 75.3 Å². The summed E-state index contributed by atoms with van der Waals surface area (Å²) < 4.78 is 0. The first kappa shape index (κ1) is 25.2. The van der Waals surface area contributed by atoms with Crippen molar-refractivity contribution in [2.75, 3.05) is 10.6 Å². The Hall–Kier alpha value is -4.51. The fourth-order valence-corrected chi connectivity index (χ4v) is 5.67. The first-order valence-corrected chi connectivity index (χ1v) is 12.7. The Morgan fingerprint density at radius 1 is 0.605 bits per heavy atom. The molecule has 4 aromatic rings. The van der Waals surface area contributed by atoms with Gasteiger partial charge in [0.05, 0.1) is 22.5 Å². The van der Waals surface area contributed by atoms with Crippen LogP contribution in [0.1, 0.15) is 75.6 Å². The summed E-state index contributed by atoms with van der Waals surface area (Å²) in [5, 5.41) is 6.38. The number of benzene rings is 4. The van der Waals surface area contributed by atoms with Crippen LogP contribution < -0.4 is 10.6 Å². The first-order valence-electron chi connectivity index (χ1n) is 12.7. The van der Waals surface area contributed by atoms with Gasteiger partial charge >= 0.3 is 0 Å². The quantitative estimate of drug-likeness (QED) is 0.270. The molecule has 0 aliphatic heterocycles. The van der Waals surface area contributed by atoms with Crippen LogP contribution in [0, 0.1) is 41.5 Å².